The minimum Gasteiger partial charge on any atom is -0.495 e. The summed E-state index contributed by atoms with van der Waals surface area (Å²) in [4.78, 5) is 12.3. The molecule has 0 spiro atoms. The van der Waals surface area contributed by atoms with Crippen LogP contribution in [-0.2, 0) is 11.3 Å². The Labute approximate surface area is 116 Å². The molecule has 0 saturated carbocycles. The Bertz CT molecular complexity index is 438. The zero-order valence-electron chi connectivity index (χ0n) is 10.2. The lowest BCUT2D eigenvalue weighted by Crippen LogP contribution is -2.21. The second-order valence-corrected chi connectivity index (χ2v) is 4.77. The third-order valence-corrected chi connectivity index (χ3v) is 3.12. The number of methoxy groups -OCH3 is 1. The predicted molar refractivity (Wildman–Crippen MR) is 71.6 cm³/mol. The van der Waals surface area contributed by atoms with Gasteiger partial charge in [0.15, 0.2) is 0 Å². The van der Waals surface area contributed by atoms with Crippen molar-refractivity contribution in [3.05, 3.63) is 27.7 Å². The second kappa shape index (κ2) is 6.83. The summed E-state index contributed by atoms with van der Waals surface area (Å²) in [5.41, 5.74) is 0.843. The van der Waals surface area contributed by atoms with E-state index in [4.69, 9.17) is 33.0 Å². The van der Waals surface area contributed by atoms with Gasteiger partial charge in [-0.2, -0.15) is 0 Å². The molecule has 0 atom stereocenters. The smallest absolute Gasteiger partial charge is 0.304 e. The number of benzene rings is 1. The number of carboxylic acid groups (broad SMARTS) is 1. The van der Waals surface area contributed by atoms with Crippen LogP contribution >= 0.6 is 23.2 Å². The Balaban J connectivity index is 2.72. The highest BCUT2D eigenvalue weighted by Gasteiger charge is 2.10. The Morgan fingerprint density at radius 3 is 2.61 bits per heavy atom. The quantitative estimate of drug-likeness (QED) is 0.876. The van der Waals surface area contributed by atoms with Crippen LogP contribution in [0.15, 0.2) is 12.1 Å². The van der Waals surface area contributed by atoms with E-state index in [1.54, 1.807) is 12.1 Å². The average molecular weight is 292 g/mol. The molecule has 0 amide bonds. The minimum absolute atomic E-state index is 0.0952. The summed E-state index contributed by atoms with van der Waals surface area (Å²) in [7, 11) is 3.35. The van der Waals surface area contributed by atoms with E-state index < -0.39 is 5.97 Å². The first-order chi connectivity index (χ1) is 8.43. The number of ether oxygens (including phenoxy) is 1. The van der Waals surface area contributed by atoms with Gasteiger partial charge in [-0.25, -0.2) is 0 Å². The van der Waals surface area contributed by atoms with Crippen LogP contribution in [0.3, 0.4) is 0 Å². The maximum atomic E-state index is 10.5. The SMILES string of the molecule is COc1cc(Cl)c(CN(C)CCC(=O)O)cc1Cl. The average Bonchev–Trinajstić information content (AvgIpc) is 2.30. The highest BCUT2D eigenvalue weighted by atomic mass is 35.5. The lowest BCUT2D eigenvalue weighted by molar-refractivity contribution is -0.137. The van der Waals surface area contributed by atoms with Crippen LogP contribution in [0.4, 0.5) is 0 Å². The fraction of sp³-hybridized carbons (Fsp3) is 0.417. The van der Waals surface area contributed by atoms with E-state index in [1.807, 2.05) is 11.9 Å². The van der Waals surface area contributed by atoms with Crippen LogP contribution in [0.25, 0.3) is 0 Å². The van der Waals surface area contributed by atoms with Crippen LogP contribution in [0.5, 0.6) is 5.75 Å². The Kier molecular flexibility index (Phi) is 5.72. The first-order valence-corrected chi connectivity index (χ1v) is 6.12. The summed E-state index contributed by atoms with van der Waals surface area (Å²) in [6.45, 7) is 0.991. The number of carbonyl (C=O) groups is 1. The number of aliphatic carboxylic acids is 1. The normalized spacial score (nSPS) is 10.7. The van der Waals surface area contributed by atoms with Crippen molar-refractivity contribution in [3.8, 4) is 5.75 Å². The van der Waals surface area contributed by atoms with Crippen molar-refractivity contribution in [2.24, 2.45) is 0 Å². The molecule has 0 saturated heterocycles. The minimum atomic E-state index is -0.819. The Morgan fingerprint density at radius 2 is 2.06 bits per heavy atom. The molecule has 0 heterocycles. The number of carboxylic acids is 1. The summed E-state index contributed by atoms with van der Waals surface area (Å²) in [6, 6.07) is 3.39. The van der Waals surface area contributed by atoms with Gasteiger partial charge >= 0.3 is 5.97 Å². The van der Waals surface area contributed by atoms with Gasteiger partial charge in [-0.1, -0.05) is 23.2 Å². The van der Waals surface area contributed by atoms with E-state index >= 15 is 0 Å². The number of rotatable bonds is 6. The van der Waals surface area contributed by atoms with Crippen LogP contribution in [-0.4, -0.2) is 36.7 Å². The predicted octanol–water partition coefficient (Wildman–Crippen LogP) is 2.91. The molecule has 0 aliphatic carbocycles. The molecule has 0 bridgehead atoms. The monoisotopic (exact) mass is 291 g/mol. The lowest BCUT2D eigenvalue weighted by atomic mass is 10.2. The molecule has 0 aliphatic heterocycles. The van der Waals surface area contributed by atoms with E-state index in [1.165, 1.54) is 7.11 Å². The summed E-state index contributed by atoms with van der Waals surface area (Å²) < 4.78 is 5.06. The highest BCUT2D eigenvalue weighted by molar-refractivity contribution is 6.34. The van der Waals surface area contributed by atoms with Gasteiger partial charge < -0.3 is 14.7 Å². The second-order valence-electron chi connectivity index (χ2n) is 3.96. The summed E-state index contributed by atoms with van der Waals surface area (Å²) in [5.74, 6) is -0.292. The lowest BCUT2D eigenvalue weighted by Gasteiger charge is -2.17. The maximum absolute atomic E-state index is 10.5. The molecular formula is C12H15Cl2NO3. The van der Waals surface area contributed by atoms with Crippen molar-refractivity contribution >= 4 is 29.2 Å². The van der Waals surface area contributed by atoms with Crippen LogP contribution in [0.2, 0.25) is 10.0 Å². The number of hydrogen-bond acceptors (Lipinski definition) is 3. The first-order valence-electron chi connectivity index (χ1n) is 5.36. The van der Waals surface area contributed by atoms with E-state index in [9.17, 15) is 4.79 Å². The van der Waals surface area contributed by atoms with Crippen molar-refractivity contribution < 1.29 is 14.6 Å². The van der Waals surface area contributed by atoms with Crippen molar-refractivity contribution in [1.82, 2.24) is 4.90 Å². The van der Waals surface area contributed by atoms with Gasteiger partial charge in [0.05, 0.1) is 18.6 Å². The summed E-state index contributed by atoms with van der Waals surface area (Å²) in [6.07, 6.45) is 0.0952. The van der Waals surface area contributed by atoms with Crippen molar-refractivity contribution in [2.45, 2.75) is 13.0 Å². The molecule has 6 heteroatoms. The maximum Gasteiger partial charge on any atom is 0.304 e. The van der Waals surface area contributed by atoms with Gasteiger partial charge in [0, 0.05) is 24.2 Å². The molecule has 0 fully saturated rings. The molecule has 1 N–H and O–H groups in total. The van der Waals surface area contributed by atoms with E-state index in [-0.39, 0.29) is 6.42 Å². The topological polar surface area (TPSA) is 49.8 Å². The van der Waals surface area contributed by atoms with Gasteiger partial charge in [0.1, 0.15) is 5.75 Å². The molecule has 0 aliphatic rings. The van der Waals surface area contributed by atoms with Crippen molar-refractivity contribution in [1.29, 1.82) is 0 Å². The molecule has 0 radical (unpaired) electrons. The van der Waals surface area contributed by atoms with Crippen LogP contribution < -0.4 is 4.74 Å². The first kappa shape index (κ1) is 15.1. The Hall–Kier alpha value is -0.970. The molecule has 1 aromatic rings. The molecule has 4 nitrogen and oxygen atoms in total. The molecule has 1 rings (SSSR count). The Morgan fingerprint density at radius 1 is 1.39 bits per heavy atom. The van der Waals surface area contributed by atoms with Gasteiger partial charge in [0.2, 0.25) is 0 Å². The highest BCUT2D eigenvalue weighted by Crippen LogP contribution is 2.31. The van der Waals surface area contributed by atoms with Gasteiger partial charge in [-0.05, 0) is 18.7 Å². The third-order valence-electron chi connectivity index (χ3n) is 2.47. The number of hydrogen-bond donors (Lipinski definition) is 1. The van der Waals surface area contributed by atoms with Crippen molar-refractivity contribution in [2.75, 3.05) is 20.7 Å². The van der Waals surface area contributed by atoms with E-state index in [0.717, 1.165) is 5.56 Å². The standard InChI is InChI=1S/C12H15Cl2NO3/c1-15(4-3-12(16)17)7-8-5-10(14)11(18-2)6-9(8)13/h5-6H,3-4,7H2,1-2H3,(H,16,17). The molecule has 18 heavy (non-hydrogen) atoms. The van der Waals surface area contributed by atoms with Gasteiger partial charge in [-0.15, -0.1) is 0 Å². The van der Waals surface area contributed by atoms with Crippen molar-refractivity contribution in [3.63, 3.8) is 0 Å². The number of nitrogens with zero attached hydrogens (tertiary/aromatic N) is 1. The van der Waals surface area contributed by atoms with Crippen LogP contribution in [0, 0.1) is 0 Å². The van der Waals surface area contributed by atoms with Gasteiger partial charge in [-0.3, -0.25) is 4.79 Å². The largest absolute Gasteiger partial charge is 0.495 e. The van der Waals surface area contributed by atoms with E-state index in [2.05, 4.69) is 0 Å². The van der Waals surface area contributed by atoms with E-state index in [0.29, 0.717) is 28.9 Å². The zero-order valence-corrected chi connectivity index (χ0v) is 11.8. The molecule has 100 valence electrons. The third kappa shape index (κ3) is 4.37. The number of halogens is 2. The zero-order chi connectivity index (χ0) is 13.7. The molecular weight excluding hydrogens is 277 g/mol. The molecule has 0 unspecified atom stereocenters. The fourth-order valence-electron chi connectivity index (χ4n) is 1.50. The van der Waals surface area contributed by atoms with Gasteiger partial charge in [0.25, 0.3) is 0 Å². The summed E-state index contributed by atoms with van der Waals surface area (Å²) >= 11 is 12.1. The van der Waals surface area contributed by atoms with Crippen LogP contribution in [0.1, 0.15) is 12.0 Å². The molecule has 1 aromatic carbocycles. The fourth-order valence-corrected chi connectivity index (χ4v) is 1.98. The summed E-state index contributed by atoms with van der Waals surface area (Å²) in [5, 5.41) is 9.65. The molecule has 0 aromatic heterocycles.